The SMILES string of the molecule is CC(C)(C)COP(=O)(Cc1ccccc1)OCC(C)(C)C. The van der Waals surface area contributed by atoms with E-state index in [1.807, 2.05) is 30.3 Å². The number of rotatable bonds is 6. The van der Waals surface area contributed by atoms with Gasteiger partial charge in [0.05, 0.1) is 19.4 Å². The van der Waals surface area contributed by atoms with Crippen LogP contribution in [-0.4, -0.2) is 13.2 Å². The van der Waals surface area contributed by atoms with Crippen LogP contribution in [0.4, 0.5) is 0 Å². The molecule has 0 saturated heterocycles. The van der Waals surface area contributed by atoms with Crippen molar-refractivity contribution in [1.82, 2.24) is 0 Å². The molecule has 0 radical (unpaired) electrons. The first-order valence-electron chi connectivity index (χ1n) is 7.41. The minimum Gasteiger partial charge on any atom is -0.308 e. The van der Waals surface area contributed by atoms with Crippen molar-refractivity contribution >= 4 is 7.60 Å². The fourth-order valence-corrected chi connectivity index (χ4v) is 3.60. The Kier molecular flexibility index (Phi) is 6.22. The van der Waals surface area contributed by atoms with Crippen LogP contribution in [0.2, 0.25) is 0 Å². The maximum absolute atomic E-state index is 13.0. The largest absolute Gasteiger partial charge is 0.335 e. The molecule has 0 aliphatic carbocycles. The molecule has 21 heavy (non-hydrogen) atoms. The molecule has 120 valence electrons. The second-order valence-electron chi connectivity index (χ2n) is 7.92. The van der Waals surface area contributed by atoms with Crippen molar-refractivity contribution in [3.05, 3.63) is 35.9 Å². The lowest BCUT2D eigenvalue weighted by atomic mass is 9.99. The third-order valence-electron chi connectivity index (χ3n) is 2.61. The van der Waals surface area contributed by atoms with Gasteiger partial charge in [-0.25, -0.2) is 0 Å². The van der Waals surface area contributed by atoms with Crippen molar-refractivity contribution in [3.63, 3.8) is 0 Å². The molecule has 0 amide bonds. The summed E-state index contributed by atoms with van der Waals surface area (Å²) in [6.45, 7) is 13.2. The summed E-state index contributed by atoms with van der Waals surface area (Å²) in [4.78, 5) is 0. The third kappa shape index (κ3) is 8.40. The fraction of sp³-hybridized carbons (Fsp3) is 0.647. The second-order valence-corrected chi connectivity index (χ2v) is 9.98. The van der Waals surface area contributed by atoms with Gasteiger partial charge in [-0.2, -0.15) is 0 Å². The van der Waals surface area contributed by atoms with Crippen LogP contribution in [0.5, 0.6) is 0 Å². The zero-order valence-electron chi connectivity index (χ0n) is 14.2. The Morgan fingerprint density at radius 1 is 0.857 bits per heavy atom. The van der Waals surface area contributed by atoms with Gasteiger partial charge in [0.1, 0.15) is 0 Å². The van der Waals surface area contributed by atoms with Gasteiger partial charge < -0.3 is 9.05 Å². The Morgan fingerprint density at radius 3 is 1.67 bits per heavy atom. The van der Waals surface area contributed by atoms with E-state index < -0.39 is 7.60 Å². The average Bonchev–Trinajstić information content (AvgIpc) is 2.34. The zero-order valence-corrected chi connectivity index (χ0v) is 15.1. The Balaban J connectivity index is 2.80. The molecule has 0 spiro atoms. The lowest BCUT2D eigenvalue weighted by molar-refractivity contribution is 0.122. The summed E-state index contributed by atoms with van der Waals surface area (Å²) in [6.07, 6.45) is 0.319. The average molecular weight is 312 g/mol. The Morgan fingerprint density at radius 2 is 1.29 bits per heavy atom. The first-order valence-corrected chi connectivity index (χ1v) is 9.14. The summed E-state index contributed by atoms with van der Waals surface area (Å²) in [7, 11) is -3.13. The van der Waals surface area contributed by atoms with Crippen LogP contribution in [0, 0.1) is 10.8 Å². The van der Waals surface area contributed by atoms with Crippen LogP contribution >= 0.6 is 7.60 Å². The molecule has 1 rings (SSSR count). The van der Waals surface area contributed by atoms with Crippen molar-refractivity contribution in [2.24, 2.45) is 10.8 Å². The lowest BCUT2D eigenvalue weighted by Gasteiger charge is -2.27. The molecule has 0 N–H and O–H groups in total. The molecule has 0 atom stereocenters. The van der Waals surface area contributed by atoms with Crippen molar-refractivity contribution in [1.29, 1.82) is 0 Å². The van der Waals surface area contributed by atoms with Gasteiger partial charge in [-0.3, -0.25) is 4.57 Å². The topological polar surface area (TPSA) is 35.5 Å². The Bertz CT molecular complexity index is 447. The standard InChI is InChI=1S/C17H29O3P/c1-16(2,3)13-19-21(18,20-14-17(4,5)6)12-15-10-8-7-9-11-15/h7-11H,12-14H2,1-6H3. The fourth-order valence-electron chi connectivity index (χ4n) is 1.52. The monoisotopic (exact) mass is 312 g/mol. The smallest absolute Gasteiger partial charge is 0.308 e. The van der Waals surface area contributed by atoms with Crippen LogP contribution < -0.4 is 0 Å². The molecule has 0 bridgehead atoms. The van der Waals surface area contributed by atoms with E-state index in [0.29, 0.717) is 19.4 Å². The van der Waals surface area contributed by atoms with Crippen molar-refractivity contribution in [2.75, 3.05) is 13.2 Å². The van der Waals surface area contributed by atoms with Gasteiger partial charge in [0, 0.05) is 0 Å². The molecule has 0 unspecified atom stereocenters. The van der Waals surface area contributed by atoms with Gasteiger partial charge in [0.15, 0.2) is 0 Å². The van der Waals surface area contributed by atoms with Crippen LogP contribution in [0.15, 0.2) is 30.3 Å². The van der Waals surface area contributed by atoms with E-state index in [-0.39, 0.29) is 10.8 Å². The zero-order chi connectivity index (χ0) is 16.1. The van der Waals surface area contributed by atoms with Gasteiger partial charge in [0.25, 0.3) is 0 Å². The summed E-state index contributed by atoms with van der Waals surface area (Å²) in [5.74, 6) is 0. The maximum atomic E-state index is 13.0. The highest BCUT2D eigenvalue weighted by atomic mass is 31.2. The summed E-state index contributed by atoms with van der Waals surface area (Å²) >= 11 is 0. The van der Waals surface area contributed by atoms with E-state index in [0.717, 1.165) is 5.56 Å². The van der Waals surface area contributed by atoms with Gasteiger partial charge in [-0.1, -0.05) is 71.9 Å². The quantitative estimate of drug-likeness (QED) is 0.650. The first-order chi connectivity index (χ1) is 9.49. The predicted octanol–water partition coefficient (Wildman–Crippen LogP) is 5.51. The van der Waals surface area contributed by atoms with Crippen LogP contribution in [0.3, 0.4) is 0 Å². The molecule has 0 heterocycles. The van der Waals surface area contributed by atoms with Gasteiger partial charge >= 0.3 is 7.60 Å². The van der Waals surface area contributed by atoms with E-state index >= 15 is 0 Å². The predicted molar refractivity (Wildman–Crippen MR) is 88.6 cm³/mol. The molecule has 4 heteroatoms. The third-order valence-corrected chi connectivity index (χ3v) is 4.40. The second kappa shape index (κ2) is 7.09. The van der Waals surface area contributed by atoms with E-state index in [1.165, 1.54) is 0 Å². The molecule has 0 aliphatic rings. The van der Waals surface area contributed by atoms with Gasteiger partial charge in [0.2, 0.25) is 0 Å². The van der Waals surface area contributed by atoms with Gasteiger partial charge in [-0.15, -0.1) is 0 Å². The number of benzene rings is 1. The molecular formula is C17H29O3P. The summed E-state index contributed by atoms with van der Waals surface area (Å²) in [5.41, 5.74) is 0.887. The van der Waals surface area contributed by atoms with E-state index in [9.17, 15) is 4.57 Å². The lowest BCUT2D eigenvalue weighted by Crippen LogP contribution is -2.18. The Hall–Kier alpha value is -0.630. The first kappa shape index (κ1) is 18.4. The van der Waals surface area contributed by atoms with Crippen LogP contribution in [0.1, 0.15) is 47.1 Å². The number of hydrogen-bond donors (Lipinski definition) is 0. The molecule has 1 aromatic carbocycles. The molecule has 0 aromatic heterocycles. The minimum absolute atomic E-state index is 0.0442. The maximum Gasteiger partial charge on any atom is 0.335 e. The highest BCUT2D eigenvalue weighted by molar-refractivity contribution is 7.53. The summed E-state index contributed by atoms with van der Waals surface area (Å²) < 4.78 is 24.5. The molecule has 0 aliphatic heterocycles. The molecular weight excluding hydrogens is 283 g/mol. The van der Waals surface area contributed by atoms with Crippen molar-refractivity contribution in [3.8, 4) is 0 Å². The van der Waals surface area contributed by atoms with Crippen molar-refractivity contribution in [2.45, 2.75) is 47.7 Å². The molecule has 1 aromatic rings. The number of hydrogen-bond acceptors (Lipinski definition) is 3. The summed E-state index contributed by atoms with van der Waals surface area (Å²) in [5, 5.41) is 0. The van der Waals surface area contributed by atoms with E-state index in [1.54, 1.807) is 0 Å². The molecule has 0 fully saturated rings. The minimum atomic E-state index is -3.13. The van der Waals surface area contributed by atoms with E-state index in [2.05, 4.69) is 41.5 Å². The van der Waals surface area contributed by atoms with Crippen LogP contribution in [-0.2, 0) is 19.8 Å². The van der Waals surface area contributed by atoms with Gasteiger partial charge in [-0.05, 0) is 16.4 Å². The van der Waals surface area contributed by atoms with Crippen LogP contribution in [0.25, 0.3) is 0 Å². The summed E-state index contributed by atoms with van der Waals surface area (Å²) in [6, 6.07) is 9.72. The highest BCUT2D eigenvalue weighted by Crippen LogP contribution is 2.53. The normalized spacial score (nSPS) is 13.4. The molecule has 3 nitrogen and oxygen atoms in total. The van der Waals surface area contributed by atoms with Crippen molar-refractivity contribution < 1.29 is 13.6 Å². The Labute approximate surface area is 129 Å². The van der Waals surface area contributed by atoms with E-state index in [4.69, 9.17) is 9.05 Å². The highest BCUT2D eigenvalue weighted by Gasteiger charge is 2.29. The molecule has 0 saturated carbocycles.